The molecule has 84 valence electrons. The highest BCUT2D eigenvalue weighted by Gasteiger charge is 2.00. The minimum atomic E-state index is 0.825. The summed E-state index contributed by atoms with van der Waals surface area (Å²) in [5, 5.41) is 0. The van der Waals surface area contributed by atoms with Crippen LogP contribution in [0.1, 0.15) is 25.3 Å². The van der Waals surface area contributed by atoms with E-state index >= 15 is 0 Å². The van der Waals surface area contributed by atoms with Gasteiger partial charge in [0.25, 0.3) is 0 Å². The van der Waals surface area contributed by atoms with Gasteiger partial charge in [0.05, 0.1) is 0 Å². The van der Waals surface area contributed by atoms with Gasteiger partial charge in [-0.1, -0.05) is 37.3 Å². The largest absolute Gasteiger partial charge is 0.179 e. The Hall–Kier alpha value is -0.0800. The predicted molar refractivity (Wildman–Crippen MR) is 74.9 cm³/mol. The summed E-state index contributed by atoms with van der Waals surface area (Å²) in [6.07, 6.45) is 2.56. The molecular formula is C13H20S2. The molecule has 0 aliphatic carbocycles. The standard InChI is InChI=1S/C13H20S2/c1-12(7-9-14)8-10-15-11-13-5-3-2-4-6-13/h2-6,12,14H,7-11H2,1H3. The van der Waals surface area contributed by atoms with Gasteiger partial charge in [0.1, 0.15) is 0 Å². The molecule has 0 aliphatic rings. The second kappa shape index (κ2) is 8.12. The van der Waals surface area contributed by atoms with Crippen molar-refractivity contribution in [2.75, 3.05) is 11.5 Å². The lowest BCUT2D eigenvalue weighted by Gasteiger charge is -2.08. The van der Waals surface area contributed by atoms with E-state index in [-0.39, 0.29) is 0 Å². The van der Waals surface area contributed by atoms with Crippen molar-refractivity contribution in [1.29, 1.82) is 0 Å². The van der Waals surface area contributed by atoms with E-state index in [2.05, 4.69) is 49.9 Å². The van der Waals surface area contributed by atoms with E-state index in [4.69, 9.17) is 0 Å². The van der Waals surface area contributed by atoms with E-state index in [9.17, 15) is 0 Å². The Morgan fingerprint density at radius 1 is 1.20 bits per heavy atom. The summed E-state index contributed by atoms with van der Waals surface area (Å²) in [6.45, 7) is 2.32. The van der Waals surface area contributed by atoms with E-state index in [1.807, 2.05) is 11.8 Å². The van der Waals surface area contributed by atoms with Crippen LogP contribution in [0, 0.1) is 5.92 Å². The molecule has 0 N–H and O–H groups in total. The number of thiol groups is 1. The molecule has 15 heavy (non-hydrogen) atoms. The van der Waals surface area contributed by atoms with Gasteiger partial charge in [0.2, 0.25) is 0 Å². The van der Waals surface area contributed by atoms with Gasteiger partial charge in [0, 0.05) is 5.75 Å². The van der Waals surface area contributed by atoms with E-state index in [1.165, 1.54) is 24.2 Å². The van der Waals surface area contributed by atoms with Crippen LogP contribution in [0.25, 0.3) is 0 Å². The second-order valence-electron chi connectivity index (χ2n) is 3.94. The van der Waals surface area contributed by atoms with Crippen molar-refractivity contribution in [3.63, 3.8) is 0 Å². The van der Waals surface area contributed by atoms with Crippen LogP contribution in [0.15, 0.2) is 30.3 Å². The van der Waals surface area contributed by atoms with Crippen molar-refractivity contribution in [3.8, 4) is 0 Å². The monoisotopic (exact) mass is 240 g/mol. The quantitative estimate of drug-likeness (QED) is 0.549. The zero-order chi connectivity index (χ0) is 10.9. The van der Waals surface area contributed by atoms with Gasteiger partial charge in [-0.2, -0.15) is 24.4 Å². The van der Waals surface area contributed by atoms with Crippen molar-refractivity contribution >= 4 is 24.4 Å². The van der Waals surface area contributed by atoms with Crippen molar-refractivity contribution in [3.05, 3.63) is 35.9 Å². The molecule has 0 aliphatic heterocycles. The van der Waals surface area contributed by atoms with Gasteiger partial charge in [0.15, 0.2) is 0 Å². The number of benzene rings is 1. The molecule has 0 aromatic heterocycles. The fraction of sp³-hybridized carbons (Fsp3) is 0.538. The Kier molecular flexibility index (Phi) is 7.03. The fourth-order valence-corrected chi connectivity index (χ4v) is 3.00. The third-order valence-corrected chi connectivity index (χ3v) is 3.81. The first-order valence-electron chi connectivity index (χ1n) is 5.55. The molecule has 0 amide bonds. The van der Waals surface area contributed by atoms with Gasteiger partial charge < -0.3 is 0 Å². The molecule has 0 bridgehead atoms. The topological polar surface area (TPSA) is 0 Å². The highest BCUT2D eigenvalue weighted by molar-refractivity contribution is 7.98. The zero-order valence-corrected chi connectivity index (χ0v) is 11.1. The number of rotatable bonds is 7. The third kappa shape index (κ3) is 6.16. The van der Waals surface area contributed by atoms with Crippen LogP contribution >= 0.6 is 24.4 Å². The maximum absolute atomic E-state index is 4.26. The molecule has 0 radical (unpaired) electrons. The van der Waals surface area contributed by atoms with Crippen LogP contribution in [-0.4, -0.2) is 11.5 Å². The predicted octanol–water partition coefficient (Wildman–Crippen LogP) is 4.27. The number of thioether (sulfide) groups is 1. The van der Waals surface area contributed by atoms with Crippen molar-refractivity contribution in [2.24, 2.45) is 5.92 Å². The molecule has 1 atom stereocenters. The van der Waals surface area contributed by atoms with Crippen LogP contribution in [0.5, 0.6) is 0 Å². The zero-order valence-electron chi connectivity index (χ0n) is 9.36. The van der Waals surface area contributed by atoms with Gasteiger partial charge >= 0.3 is 0 Å². The minimum Gasteiger partial charge on any atom is -0.179 e. The maximum atomic E-state index is 4.26. The highest BCUT2D eigenvalue weighted by atomic mass is 32.2. The van der Waals surface area contributed by atoms with E-state index in [0.717, 1.165) is 17.4 Å². The first-order valence-corrected chi connectivity index (χ1v) is 7.34. The Balaban J connectivity index is 2.07. The van der Waals surface area contributed by atoms with Crippen molar-refractivity contribution < 1.29 is 0 Å². The molecule has 1 aromatic rings. The van der Waals surface area contributed by atoms with Crippen LogP contribution in [0.2, 0.25) is 0 Å². The molecule has 0 saturated carbocycles. The maximum Gasteiger partial charge on any atom is 0.0184 e. The van der Waals surface area contributed by atoms with Crippen LogP contribution in [0.4, 0.5) is 0 Å². The van der Waals surface area contributed by atoms with Gasteiger partial charge in [-0.15, -0.1) is 0 Å². The van der Waals surface area contributed by atoms with E-state index in [1.54, 1.807) is 0 Å². The molecule has 1 rings (SSSR count). The lowest BCUT2D eigenvalue weighted by molar-refractivity contribution is 0.554. The molecule has 1 aromatic carbocycles. The van der Waals surface area contributed by atoms with E-state index < -0.39 is 0 Å². The second-order valence-corrected chi connectivity index (χ2v) is 5.50. The van der Waals surface area contributed by atoms with Crippen molar-refractivity contribution in [2.45, 2.75) is 25.5 Å². The average Bonchev–Trinajstić information content (AvgIpc) is 2.26. The summed E-state index contributed by atoms with van der Waals surface area (Å²) >= 11 is 6.29. The summed E-state index contributed by atoms with van der Waals surface area (Å²) in [4.78, 5) is 0. The average molecular weight is 240 g/mol. The van der Waals surface area contributed by atoms with Gasteiger partial charge in [-0.05, 0) is 35.8 Å². The Bertz CT molecular complexity index is 246. The third-order valence-electron chi connectivity index (χ3n) is 2.49. The van der Waals surface area contributed by atoms with Crippen LogP contribution in [0.3, 0.4) is 0 Å². The summed E-state index contributed by atoms with van der Waals surface area (Å²) in [7, 11) is 0. The highest BCUT2D eigenvalue weighted by Crippen LogP contribution is 2.17. The first-order chi connectivity index (χ1) is 7.33. The van der Waals surface area contributed by atoms with Gasteiger partial charge in [-0.3, -0.25) is 0 Å². The first kappa shape index (κ1) is 13.0. The number of hydrogen-bond acceptors (Lipinski definition) is 2. The molecular weight excluding hydrogens is 220 g/mol. The van der Waals surface area contributed by atoms with Gasteiger partial charge in [-0.25, -0.2) is 0 Å². The lowest BCUT2D eigenvalue weighted by atomic mass is 10.1. The molecule has 0 saturated heterocycles. The normalized spacial score (nSPS) is 12.7. The Morgan fingerprint density at radius 2 is 1.93 bits per heavy atom. The molecule has 0 heterocycles. The molecule has 1 unspecified atom stereocenters. The summed E-state index contributed by atoms with van der Waals surface area (Å²) in [6, 6.07) is 10.7. The minimum absolute atomic E-state index is 0.825. The van der Waals surface area contributed by atoms with Crippen LogP contribution in [-0.2, 0) is 5.75 Å². The SMILES string of the molecule is CC(CCS)CCSCc1ccccc1. The van der Waals surface area contributed by atoms with Crippen LogP contribution < -0.4 is 0 Å². The van der Waals surface area contributed by atoms with Crippen molar-refractivity contribution in [1.82, 2.24) is 0 Å². The Labute approximate surface area is 103 Å². The summed E-state index contributed by atoms with van der Waals surface area (Å²) in [5.74, 6) is 4.26. The molecule has 0 fully saturated rings. The molecule has 2 heteroatoms. The van der Waals surface area contributed by atoms with E-state index in [0.29, 0.717) is 0 Å². The summed E-state index contributed by atoms with van der Waals surface area (Å²) < 4.78 is 0. The number of hydrogen-bond donors (Lipinski definition) is 1. The lowest BCUT2D eigenvalue weighted by Crippen LogP contribution is -1.97. The molecule has 0 nitrogen and oxygen atoms in total. The summed E-state index contributed by atoms with van der Waals surface area (Å²) in [5.41, 5.74) is 1.43. The Morgan fingerprint density at radius 3 is 2.60 bits per heavy atom. The molecule has 0 spiro atoms. The fourth-order valence-electron chi connectivity index (χ4n) is 1.41. The smallest absolute Gasteiger partial charge is 0.0184 e.